The van der Waals surface area contributed by atoms with Gasteiger partial charge in [-0.15, -0.1) is 0 Å². The van der Waals surface area contributed by atoms with E-state index in [4.69, 9.17) is 0 Å². The lowest BCUT2D eigenvalue weighted by atomic mass is 10.2. The predicted octanol–water partition coefficient (Wildman–Crippen LogP) is 2.01. The van der Waals surface area contributed by atoms with E-state index in [0.717, 1.165) is 36.0 Å². The van der Waals surface area contributed by atoms with Crippen molar-refractivity contribution >= 4 is 21.9 Å². The SMILES string of the molecule is Cc1ccnc(N2CCC(CBr)C2)n1. The highest BCUT2D eigenvalue weighted by Crippen LogP contribution is 2.21. The van der Waals surface area contributed by atoms with Crippen LogP contribution in [0.2, 0.25) is 0 Å². The van der Waals surface area contributed by atoms with E-state index in [2.05, 4.69) is 30.8 Å². The van der Waals surface area contributed by atoms with Gasteiger partial charge in [0, 0.05) is 30.3 Å². The van der Waals surface area contributed by atoms with Crippen molar-refractivity contribution in [3.05, 3.63) is 18.0 Å². The van der Waals surface area contributed by atoms with Crippen molar-refractivity contribution in [2.75, 3.05) is 23.3 Å². The number of halogens is 1. The average Bonchev–Trinajstić information content (AvgIpc) is 2.66. The topological polar surface area (TPSA) is 29.0 Å². The molecule has 0 aromatic carbocycles. The minimum absolute atomic E-state index is 0.749. The van der Waals surface area contributed by atoms with Crippen molar-refractivity contribution in [1.82, 2.24) is 9.97 Å². The van der Waals surface area contributed by atoms with Crippen molar-refractivity contribution in [2.45, 2.75) is 13.3 Å². The van der Waals surface area contributed by atoms with Crippen molar-refractivity contribution in [3.63, 3.8) is 0 Å². The molecule has 0 bridgehead atoms. The molecule has 0 amide bonds. The van der Waals surface area contributed by atoms with Crippen LogP contribution in [0.3, 0.4) is 0 Å². The highest BCUT2D eigenvalue weighted by molar-refractivity contribution is 9.09. The number of nitrogens with zero attached hydrogens (tertiary/aromatic N) is 3. The molecule has 76 valence electrons. The monoisotopic (exact) mass is 255 g/mol. The molecule has 1 aliphatic heterocycles. The second-order valence-electron chi connectivity index (χ2n) is 3.75. The van der Waals surface area contributed by atoms with Gasteiger partial charge in [-0.05, 0) is 25.3 Å². The molecule has 1 unspecified atom stereocenters. The molecule has 1 aromatic heterocycles. The van der Waals surface area contributed by atoms with Gasteiger partial charge in [-0.2, -0.15) is 0 Å². The lowest BCUT2D eigenvalue weighted by molar-refractivity contribution is 0.674. The van der Waals surface area contributed by atoms with E-state index in [1.807, 2.05) is 19.2 Å². The summed E-state index contributed by atoms with van der Waals surface area (Å²) in [5.41, 5.74) is 1.04. The van der Waals surface area contributed by atoms with E-state index in [9.17, 15) is 0 Å². The molecule has 0 aliphatic carbocycles. The van der Waals surface area contributed by atoms with Gasteiger partial charge < -0.3 is 4.90 Å². The van der Waals surface area contributed by atoms with Crippen molar-refractivity contribution in [3.8, 4) is 0 Å². The Hall–Kier alpha value is -0.640. The number of rotatable bonds is 2. The summed E-state index contributed by atoms with van der Waals surface area (Å²) < 4.78 is 0. The Balaban J connectivity index is 2.09. The molecule has 0 radical (unpaired) electrons. The first kappa shape index (κ1) is 9.90. The molecule has 0 spiro atoms. The Labute approximate surface area is 92.7 Å². The summed E-state index contributed by atoms with van der Waals surface area (Å²) in [4.78, 5) is 11.0. The average molecular weight is 256 g/mol. The summed E-state index contributed by atoms with van der Waals surface area (Å²) in [6.45, 7) is 4.16. The van der Waals surface area contributed by atoms with Gasteiger partial charge in [-0.3, -0.25) is 0 Å². The fraction of sp³-hybridized carbons (Fsp3) is 0.600. The van der Waals surface area contributed by atoms with Crippen molar-refractivity contribution in [2.24, 2.45) is 5.92 Å². The van der Waals surface area contributed by atoms with E-state index in [1.54, 1.807) is 0 Å². The van der Waals surface area contributed by atoms with Crippen LogP contribution in [-0.4, -0.2) is 28.4 Å². The molecule has 0 saturated carbocycles. The lowest BCUT2D eigenvalue weighted by Crippen LogP contribution is -2.22. The zero-order chi connectivity index (χ0) is 9.97. The van der Waals surface area contributed by atoms with Gasteiger partial charge in [0.1, 0.15) is 0 Å². The Morgan fingerprint density at radius 2 is 2.50 bits per heavy atom. The number of anilines is 1. The molecule has 4 heteroatoms. The number of aryl methyl sites for hydroxylation is 1. The number of hydrogen-bond donors (Lipinski definition) is 0. The molecular formula is C10H14BrN3. The summed E-state index contributed by atoms with van der Waals surface area (Å²) in [5, 5.41) is 1.08. The first-order valence-corrected chi connectivity index (χ1v) is 6.02. The van der Waals surface area contributed by atoms with Crippen molar-refractivity contribution in [1.29, 1.82) is 0 Å². The second-order valence-corrected chi connectivity index (χ2v) is 4.40. The van der Waals surface area contributed by atoms with Crippen LogP contribution in [0.5, 0.6) is 0 Å². The normalized spacial score (nSPS) is 21.6. The minimum atomic E-state index is 0.749. The number of alkyl halides is 1. The van der Waals surface area contributed by atoms with Crippen LogP contribution in [0.1, 0.15) is 12.1 Å². The summed E-state index contributed by atoms with van der Waals surface area (Å²) in [6, 6.07) is 1.93. The lowest BCUT2D eigenvalue weighted by Gasteiger charge is -2.15. The third kappa shape index (κ3) is 2.05. The molecular weight excluding hydrogens is 242 g/mol. The van der Waals surface area contributed by atoms with Crippen LogP contribution in [0.25, 0.3) is 0 Å². The van der Waals surface area contributed by atoms with E-state index >= 15 is 0 Å². The minimum Gasteiger partial charge on any atom is -0.341 e. The van der Waals surface area contributed by atoms with E-state index < -0.39 is 0 Å². The molecule has 2 heterocycles. The van der Waals surface area contributed by atoms with Crippen LogP contribution < -0.4 is 4.90 Å². The number of hydrogen-bond acceptors (Lipinski definition) is 3. The van der Waals surface area contributed by atoms with Gasteiger partial charge in [0.15, 0.2) is 0 Å². The van der Waals surface area contributed by atoms with Crippen LogP contribution >= 0.6 is 15.9 Å². The van der Waals surface area contributed by atoms with Crippen LogP contribution in [0, 0.1) is 12.8 Å². The molecule has 0 N–H and O–H groups in total. The number of aromatic nitrogens is 2. The first-order valence-electron chi connectivity index (χ1n) is 4.90. The summed E-state index contributed by atoms with van der Waals surface area (Å²) >= 11 is 3.52. The fourth-order valence-corrected chi connectivity index (χ4v) is 2.26. The van der Waals surface area contributed by atoms with Gasteiger partial charge >= 0.3 is 0 Å². The van der Waals surface area contributed by atoms with Gasteiger partial charge in [-0.25, -0.2) is 9.97 Å². The smallest absolute Gasteiger partial charge is 0.225 e. The van der Waals surface area contributed by atoms with Crippen molar-refractivity contribution < 1.29 is 0 Å². The summed E-state index contributed by atoms with van der Waals surface area (Å²) in [5.74, 6) is 1.63. The van der Waals surface area contributed by atoms with Crippen LogP contribution in [0.15, 0.2) is 12.3 Å². The molecule has 1 saturated heterocycles. The van der Waals surface area contributed by atoms with Crippen LogP contribution in [-0.2, 0) is 0 Å². The first-order chi connectivity index (χ1) is 6.79. The predicted molar refractivity (Wildman–Crippen MR) is 60.9 cm³/mol. The molecule has 14 heavy (non-hydrogen) atoms. The molecule has 3 nitrogen and oxygen atoms in total. The zero-order valence-corrected chi connectivity index (χ0v) is 9.87. The highest BCUT2D eigenvalue weighted by Gasteiger charge is 2.23. The summed E-state index contributed by atoms with van der Waals surface area (Å²) in [7, 11) is 0. The third-order valence-electron chi connectivity index (χ3n) is 2.57. The van der Waals surface area contributed by atoms with E-state index in [0.29, 0.717) is 0 Å². The fourth-order valence-electron chi connectivity index (χ4n) is 1.73. The third-order valence-corrected chi connectivity index (χ3v) is 3.48. The van der Waals surface area contributed by atoms with Gasteiger partial charge in [0.05, 0.1) is 0 Å². The Kier molecular flexibility index (Phi) is 3.01. The standard InChI is InChI=1S/C10H14BrN3/c1-8-2-4-12-10(13-8)14-5-3-9(6-11)7-14/h2,4,9H,3,5-7H2,1H3. The molecule has 1 fully saturated rings. The Morgan fingerprint density at radius 3 is 3.14 bits per heavy atom. The Bertz CT molecular complexity index is 316. The Morgan fingerprint density at radius 1 is 1.64 bits per heavy atom. The molecule has 1 aromatic rings. The maximum Gasteiger partial charge on any atom is 0.225 e. The second kappa shape index (κ2) is 4.26. The zero-order valence-electron chi connectivity index (χ0n) is 8.28. The van der Waals surface area contributed by atoms with E-state index in [-0.39, 0.29) is 0 Å². The largest absolute Gasteiger partial charge is 0.341 e. The van der Waals surface area contributed by atoms with Gasteiger partial charge in [-0.1, -0.05) is 15.9 Å². The highest BCUT2D eigenvalue weighted by atomic mass is 79.9. The van der Waals surface area contributed by atoms with Gasteiger partial charge in [0.2, 0.25) is 5.95 Å². The quantitative estimate of drug-likeness (QED) is 0.758. The maximum absolute atomic E-state index is 4.42. The molecule has 2 rings (SSSR count). The molecule has 1 atom stereocenters. The van der Waals surface area contributed by atoms with Crippen LogP contribution in [0.4, 0.5) is 5.95 Å². The summed E-state index contributed by atoms with van der Waals surface area (Å²) in [6.07, 6.45) is 3.07. The molecule has 1 aliphatic rings. The van der Waals surface area contributed by atoms with Gasteiger partial charge in [0.25, 0.3) is 0 Å². The maximum atomic E-state index is 4.42. The van der Waals surface area contributed by atoms with E-state index in [1.165, 1.54) is 6.42 Å².